The van der Waals surface area contributed by atoms with Crippen molar-refractivity contribution in [2.24, 2.45) is 0 Å². The van der Waals surface area contributed by atoms with E-state index in [-0.39, 0.29) is 0 Å². The van der Waals surface area contributed by atoms with Crippen molar-refractivity contribution in [2.45, 2.75) is 15.2 Å². The highest BCUT2D eigenvalue weighted by molar-refractivity contribution is 7.99. The van der Waals surface area contributed by atoms with Crippen molar-refractivity contribution in [3.05, 3.63) is 277 Å². The highest BCUT2D eigenvalue weighted by Crippen LogP contribution is 2.66. The van der Waals surface area contributed by atoms with Crippen LogP contribution in [-0.2, 0) is 5.41 Å². The zero-order chi connectivity index (χ0) is 51.5. The number of benzene rings is 10. The fraction of sp³-hybridized carbons (Fsp3) is 0.0141. The molecule has 0 N–H and O–H groups in total. The summed E-state index contributed by atoms with van der Waals surface area (Å²) < 4.78 is 15.2. The number of hydrogen-bond acceptors (Lipinski definition) is 5. The summed E-state index contributed by atoms with van der Waals surface area (Å²) in [5.41, 5.74) is 17.4. The van der Waals surface area contributed by atoms with Crippen molar-refractivity contribution in [1.82, 2.24) is 23.7 Å². The maximum absolute atomic E-state index is 7.98. The maximum Gasteiger partial charge on any atom is 0.156 e. The third kappa shape index (κ3) is 5.67. The smallest absolute Gasteiger partial charge is 0.156 e. The number of fused-ring (bicyclic) bond motifs is 20. The highest BCUT2D eigenvalue weighted by Gasteiger charge is 2.54. The zero-order valence-electron chi connectivity index (χ0n) is 42.2. The number of anilines is 3. The van der Waals surface area contributed by atoms with Gasteiger partial charge in [0.15, 0.2) is 11.5 Å². The predicted octanol–water partition coefficient (Wildman–Crippen LogP) is 18.2. The van der Waals surface area contributed by atoms with Crippen LogP contribution < -0.4 is 9.64 Å². The molecule has 15 aromatic rings. The summed E-state index contributed by atoms with van der Waals surface area (Å²) in [7, 11) is 0. The summed E-state index contributed by atoms with van der Waals surface area (Å²) in [5.74, 6) is 1.54. The van der Waals surface area contributed by atoms with Gasteiger partial charge in [0.25, 0.3) is 0 Å². The molecule has 0 saturated carbocycles. The van der Waals surface area contributed by atoms with E-state index in [4.69, 9.17) is 14.7 Å². The van der Waals surface area contributed by atoms with Gasteiger partial charge in [-0.25, -0.2) is 0 Å². The first-order chi connectivity index (χ1) is 39.2. The van der Waals surface area contributed by atoms with Crippen molar-refractivity contribution < 1.29 is 4.74 Å². The Bertz CT molecular complexity index is 4770. The number of ether oxygens (including phenoxy) is 1. The molecule has 7 nitrogen and oxygen atoms in total. The molecule has 0 atom stereocenters. The van der Waals surface area contributed by atoms with Crippen LogP contribution in [0.15, 0.2) is 265 Å². The first-order valence-electron chi connectivity index (χ1n) is 26.8. The summed E-state index contributed by atoms with van der Waals surface area (Å²) in [6.45, 7) is 0. The Morgan fingerprint density at radius 2 is 0.658 bits per heavy atom. The predicted molar refractivity (Wildman–Crippen MR) is 321 cm³/mol. The lowest BCUT2D eigenvalue weighted by Gasteiger charge is -2.42. The third-order valence-electron chi connectivity index (χ3n) is 17.0. The first-order valence-corrected chi connectivity index (χ1v) is 27.6. The summed E-state index contributed by atoms with van der Waals surface area (Å²) in [6.07, 6.45) is 4.10. The number of nitrogens with zero attached hydrogens (tertiary/aromatic N) is 6. The molecule has 0 bridgehead atoms. The van der Waals surface area contributed by atoms with E-state index in [1.807, 2.05) is 0 Å². The fourth-order valence-electron chi connectivity index (χ4n) is 13.8. The lowest BCUT2D eigenvalue weighted by atomic mass is 9.66. The largest absolute Gasteiger partial charge is 0.452 e. The second-order valence-corrected chi connectivity index (χ2v) is 21.9. The SMILES string of the molecule is c1ccc2c(c1)Sc1ccccc1N2c1cccc2c1Oc1c(-n3c4ccccc4c4ccccc43)cccc1C21c2cc(-n3c4ccccc4c4ccccc43)cnc2-c2ncc(-n3c4ccccc4c4ccccc43)cc21. The Balaban J connectivity index is 1.01. The molecular formula is C71H42N6OS. The number of aromatic nitrogens is 5. The van der Waals surface area contributed by atoms with Gasteiger partial charge in [-0.15, -0.1) is 0 Å². The molecule has 368 valence electrons. The Kier molecular flexibility index (Phi) is 8.69. The number of rotatable bonds is 4. The minimum Gasteiger partial charge on any atom is -0.452 e. The average Bonchev–Trinajstić information content (AvgIpc) is 4.42. The van der Waals surface area contributed by atoms with Gasteiger partial charge in [-0.2, -0.15) is 0 Å². The molecule has 0 radical (unpaired) electrons. The molecule has 0 saturated heterocycles. The van der Waals surface area contributed by atoms with Crippen LogP contribution in [0.25, 0.3) is 93.9 Å². The van der Waals surface area contributed by atoms with Gasteiger partial charge in [-0.3, -0.25) is 9.97 Å². The Hall–Kier alpha value is -10.2. The van der Waals surface area contributed by atoms with E-state index in [0.29, 0.717) is 0 Å². The van der Waals surface area contributed by atoms with E-state index in [0.717, 1.165) is 112 Å². The van der Waals surface area contributed by atoms with E-state index >= 15 is 0 Å². The van der Waals surface area contributed by atoms with Crippen LogP contribution >= 0.6 is 11.8 Å². The number of hydrogen-bond donors (Lipinski definition) is 0. The van der Waals surface area contributed by atoms with Crippen LogP contribution in [0.5, 0.6) is 11.5 Å². The monoisotopic (exact) mass is 1030 g/mol. The lowest BCUT2D eigenvalue weighted by molar-refractivity contribution is 0.435. The maximum atomic E-state index is 7.98. The van der Waals surface area contributed by atoms with Crippen molar-refractivity contribution in [2.75, 3.05) is 4.90 Å². The molecule has 1 spiro atoms. The highest BCUT2D eigenvalue weighted by atomic mass is 32.2. The van der Waals surface area contributed by atoms with E-state index in [1.54, 1.807) is 11.8 Å². The Morgan fingerprint density at radius 1 is 0.316 bits per heavy atom. The van der Waals surface area contributed by atoms with Crippen molar-refractivity contribution >= 4 is 94.2 Å². The van der Waals surface area contributed by atoms with Gasteiger partial charge in [-0.05, 0) is 84.9 Å². The van der Waals surface area contributed by atoms with E-state index in [9.17, 15) is 0 Å². The molecule has 3 aliphatic rings. The topological polar surface area (TPSA) is 53.0 Å². The normalized spacial score (nSPS) is 13.7. The van der Waals surface area contributed by atoms with Crippen LogP contribution in [0.3, 0.4) is 0 Å². The average molecular weight is 1030 g/mol. The molecule has 0 amide bonds. The van der Waals surface area contributed by atoms with Crippen molar-refractivity contribution in [1.29, 1.82) is 0 Å². The van der Waals surface area contributed by atoms with Crippen molar-refractivity contribution in [3.8, 4) is 39.9 Å². The molecule has 10 aromatic carbocycles. The van der Waals surface area contributed by atoms with Gasteiger partial charge < -0.3 is 23.3 Å². The molecule has 18 rings (SSSR count). The summed E-state index contributed by atoms with van der Waals surface area (Å²) in [4.78, 5) is 16.0. The van der Waals surface area contributed by atoms with Gasteiger partial charge in [0.05, 0.1) is 96.4 Å². The number of para-hydroxylation sites is 10. The van der Waals surface area contributed by atoms with Crippen LogP contribution in [0.2, 0.25) is 0 Å². The van der Waals surface area contributed by atoms with Gasteiger partial charge in [-0.1, -0.05) is 169 Å². The van der Waals surface area contributed by atoms with E-state index in [1.165, 1.54) is 42.1 Å². The molecule has 5 aromatic heterocycles. The zero-order valence-corrected chi connectivity index (χ0v) is 43.1. The molecule has 8 heteroatoms. The molecule has 1 aliphatic carbocycles. The van der Waals surface area contributed by atoms with Gasteiger partial charge in [0.1, 0.15) is 0 Å². The summed E-state index contributed by atoms with van der Waals surface area (Å²) in [6, 6.07) is 88.1. The van der Waals surface area contributed by atoms with Crippen LogP contribution in [-0.4, -0.2) is 23.7 Å². The lowest BCUT2D eigenvalue weighted by Crippen LogP contribution is -2.33. The summed E-state index contributed by atoms with van der Waals surface area (Å²) in [5, 5.41) is 7.12. The Morgan fingerprint density at radius 3 is 1.09 bits per heavy atom. The van der Waals surface area contributed by atoms with Gasteiger partial charge in [0, 0.05) is 64.4 Å². The fourth-order valence-corrected chi connectivity index (χ4v) is 14.9. The molecule has 79 heavy (non-hydrogen) atoms. The number of pyridine rings is 2. The van der Waals surface area contributed by atoms with Crippen LogP contribution in [0, 0.1) is 0 Å². The molecule has 0 unspecified atom stereocenters. The second kappa shape index (κ2) is 16.0. The standard InChI is InChI=1S/C71H42N6OS/c1-7-27-55-45(19-1)46-20-2-8-28-56(46)74(55)43-39-53-67(72-41-43)68-54(40-44(42-73-68)75-57-29-9-3-21-47(57)48-22-4-10-30-58(48)75)71(53)51-25-17-35-63(76-59-31-11-5-23-49(59)50-24-6-12-32-60(50)76)69(51)78-70-52(71)26-18-36-64(70)77-61-33-13-15-37-65(61)79-66-38-16-14-34-62(66)77/h1-42H. The molecule has 0 fully saturated rings. The minimum absolute atomic E-state index is 0.767. The first kappa shape index (κ1) is 43.0. The van der Waals surface area contributed by atoms with E-state index in [2.05, 4.69) is 274 Å². The molecule has 2 aliphatic heterocycles. The minimum atomic E-state index is -1.04. The molecular weight excluding hydrogens is 985 g/mol. The summed E-state index contributed by atoms with van der Waals surface area (Å²) >= 11 is 1.81. The van der Waals surface area contributed by atoms with E-state index < -0.39 is 5.41 Å². The van der Waals surface area contributed by atoms with Crippen molar-refractivity contribution in [3.63, 3.8) is 0 Å². The second-order valence-electron chi connectivity index (χ2n) is 20.8. The third-order valence-corrected chi connectivity index (χ3v) is 18.1. The molecule has 7 heterocycles. The van der Waals surface area contributed by atoms with Gasteiger partial charge >= 0.3 is 0 Å². The quantitative estimate of drug-likeness (QED) is 0.176. The Labute approximate surface area is 457 Å². The van der Waals surface area contributed by atoms with Crippen LogP contribution in [0.4, 0.5) is 17.1 Å². The van der Waals surface area contributed by atoms with Crippen LogP contribution in [0.1, 0.15) is 22.3 Å². The van der Waals surface area contributed by atoms with Gasteiger partial charge in [0.2, 0.25) is 0 Å².